The summed E-state index contributed by atoms with van der Waals surface area (Å²) >= 11 is 0. The normalized spacial score (nSPS) is 12.1. The molecule has 1 unspecified atom stereocenters. The Balaban J connectivity index is 4.60. The number of hydrogen-bond donors (Lipinski definition) is 1. The number of methoxy groups -OCH3 is 1. The summed E-state index contributed by atoms with van der Waals surface area (Å²) in [6.07, 6.45) is 0.115. The summed E-state index contributed by atoms with van der Waals surface area (Å²) in [6.45, 7) is 2.66. The van der Waals surface area contributed by atoms with Crippen LogP contribution in [0.3, 0.4) is 0 Å². The molecule has 0 heterocycles. The molecular formula is C11H23N3O3. The van der Waals surface area contributed by atoms with Crippen LogP contribution < -0.4 is 5.73 Å². The second-order valence-corrected chi connectivity index (χ2v) is 4.01. The molecule has 0 fully saturated rings. The molecule has 2 N–H and O–H groups in total. The fourth-order valence-electron chi connectivity index (χ4n) is 1.34. The van der Waals surface area contributed by atoms with Crippen molar-refractivity contribution in [2.75, 3.05) is 40.8 Å². The first-order valence-electron chi connectivity index (χ1n) is 5.69. The van der Waals surface area contributed by atoms with Crippen molar-refractivity contribution in [1.29, 1.82) is 0 Å². The van der Waals surface area contributed by atoms with Crippen LogP contribution in [0.2, 0.25) is 0 Å². The SMILES string of the molecule is CCCN(CC(=O)N(C)C)C(=O)C(CN)OC. The topological polar surface area (TPSA) is 75.9 Å². The lowest BCUT2D eigenvalue weighted by atomic mass is 10.2. The highest BCUT2D eigenvalue weighted by molar-refractivity contribution is 5.87. The Kier molecular flexibility index (Phi) is 7.49. The van der Waals surface area contributed by atoms with Gasteiger partial charge in [0, 0.05) is 34.3 Å². The van der Waals surface area contributed by atoms with Crippen LogP contribution in [0.15, 0.2) is 0 Å². The van der Waals surface area contributed by atoms with Crippen molar-refractivity contribution in [3.05, 3.63) is 0 Å². The second-order valence-electron chi connectivity index (χ2n) is 4.01. The molecule has 0 aromatic heterocycles. The van der Waals surface area contributed by atoms with Gasteiger partial charge in [0.15, 0.2) is 0 Å². The molecule has 0 aromatic rings. The van der Waals surface area contributed by atoms with E-state index >= 15 is 0 Å². The van der Waals surface area contributed by atoms with Gasteiger partial charge >= 0.3 is 0 Å². The van der Waals surface area contributed by atoms with Crippen LogP contribution in [0.25, 0.3) is 0 Å². The zero-order valence-electron chi connectivity index (χ0n) is 11.1. The van der Waals surface area contributed by atoms with Gasteiger partial charge in [-0.2, -0.15) is 0 Å². The Bertz CT molecular complexity index is 252. The van der Waals surface area contributed by atoms with Crippen LogP contribution in [-0.2, 0) is 14.3 Å². The lowest BCUT2D eigenvalue weighted by Crippen LogP contribution is -2.47. The molecule has 0 saturated heterocycles. The van der Waals surface area contributed by atoms with E-state index in [1.807, 2.05) is 6.92 Å². The van der Waals surface area contributed by atoms with Crippen molar-refractivity contribution in [2.24, 2.45) is 5.73 Å². The van der Waals surface area contributed by atoms with Gasteiger partial charge in [0.05, 0.1) is 6.54 Å². The summed E-state index contributed by atoms with van der Waals surface area (Å²) in [5.41, 5.74) is 5.44. The van der Waals surface area contributed by atoms with Crippen molar-refractivity contribution in [2.45, 2.75) is 19.4 Å². The van der Waals surface area contributed by atoms with Gasteiger partial charge in [-0.05, 0) is 6.42 Å². The Labute approximate surface area is 103 Å². The minimum absolute atomic E-state index is 0.0690. The van der Waals surface area contributed by atoms with Crippen molar-refractivity contribution in [1.82, 2.24) is 9.80 Å². The molecule has 0 radical (unpaired) electrons. The van der Waals surface area contributed by atoms with E-state index in [1.54, 1.807) is 14.1 Å². The van der Waals surface area contributed by atoms with E-state index in [4.69, 9.17) is 10.5 Å². The van der Waals surface area contributed by atoms with E-state index in [9.17, 15) is 9.59 Å². The molecule has 0 aliphatic rings. The minimum atomic E-state index is -0.670. The minimum Gasteiger partial charge on any atom is -0.370 e. The van der Waals surface area contributed by atoms with Gasteiger partial charge in [0.25, 0.3) is 5.91 Å². The molecule has 0 aliphatic heterocycles. The highest BCUT2D eigenvalue weighted by Gasteiger charge is 2.24. The number of nitrogens with zero attached hydrogens (tertiary/aromatic N) is 2. The van der Waals surface area contributed by atoms with E-state index < -0.39 is 6.10 Å². The number of likely N-dealkylation sites (N-methyl/N-ethyl adjacent to an activating group) is 1. The molecule has 0 rings (SSSR count). The van der Waals surface area contributed by atoms with Crippen LogP contribution in [0, 0.1) is 0 Å². The monoisotopic (exact) mass is 245 g/mol. The number of ether oxygens (including phenoxy) is 1. The first-order chi connectivity index (χ1) is 7.97. The van der Waals surface area contributed by atoms with E-state index in [2.05, 4.69) is 0 Å². The number of amides is 2. The zero-order valence-corrected chi connectivity index (χ0v) is 11.1. The molecule has 100 valence electrons. The zero-order chi connectivity index (χ0) is 13.4. The summed E-state index contributed by atoms with van der Waals surface area (Å²) in [5, 5.41) is 0. The average molecular weight is 245 g/mol. The molecule has 6 nitrogen and oxygen atoms in total. The summed E-state index contributed by atoms with van der Waals surface area (Å²) in [6, 6.07) is 0. The lowest BCUT2D eigenvalue weighted by molar-refractivity contribution is -0.146. The largest absolute Gasteiger partial charge is 0.370 e. The summed E-state index contributed by atoms with van der Waals surface area (Å²) in [5.74, 6) is -0.342. The molecule has 0 spiro atoms. The van der Waals surface area contributed by atoms with Crippen LogP contribution in [0.5, 0.6) is 0 Å². The third kappa shape index (κ3) is 5.14. The highest BCUT2D eigenvalue weighted by atomic mass is 16.5. The van der Waals surface area contributed by atoms with Gasteiger partial charge in [-0.25, -0.2) is 0 Å². The summed E-state index contributed by atoms with van der Waals surface area (Å²) < 4.78 is 4.99. The van der Waals surface area contributed by atoms with E-state index in [0.717, 1.165) is 6.42 Å². The molecule has 0 aromatic carbocycles. The summed E-state index contributed by atoms with van der Waals surface area (Å²) in [7, 11) is 4.76. The van der Waals surface area contributed by atoms with Crippen molar-refractivity contribution >= 4 is 11.8 Å². The maximum absolute atomic E-state index is 12.0. The third-order valence-electron chi connectivity index (χ3n) is 2.40. The Morgan fingerprint density at radius 3 is 2.29 bits per heavy atom. The van der Waals surface area contributed by atoms with Gasteiger partial charge in [0.1, 0.15) is 6.10 Å². The van der Waals surface area contributed by atoms with Crippen LogP contribution >= 0.6 is 0 Å². The molecule has 2 amide bonds. The van der Waals surface area contributed by atoms with E-state index in [1.165, 1.54) is 16.9 Å². The smallest absolute Gasteiger partial charge is 0.253 e. The van der Waals surface area contributed by atoms with Gasteiger partial charge in [-0.1, -0.05) is 6.92 Å². The number of carbonyl (C=O) groups excluding carboxylic acids is 2. The fraction of sp³-hybridized carbons (Fsp3) is 0.818. The molecular weight excluding hydrogens is 222 g/mol. The number of rotatable bonds is 7. The van der Waals surface area contributed by atoms with Gasteiger partial charge in [-0.3, -0.25) is 9.59 Å². The van der Waals surface area contributed by atoms with Gasteiger partial charge in [-0.15, -0.1) is 0 Å². The van der Waals surface area contributed by atoms with Gasteiger partial charge < -0.3 is 20.3 Å². The fourth-order valence-corrected chi connectivity index (χ4v) is 1.34. The lowest BCUT2D eigenvalue weighted by Gasteiger charge is -2.26. The molecule has 0 saturated carbocycles. The Morgan fingerprint density at radius 2 is 1.94 bits per heavy atom. The number of hydrogen-bond acceptors (Lipinski definition) is 4. The van der Waals surface area contributed by atoms with Crippen molar-refractivity contribution in [3.63, 3.8) is 0 Å². The first-order valence-corrected chi connectivity index (χ1v) is 5.69. The average Bonchev–Trinajstić information content (AvgIpc) is 2.29. The summed E-state index contributed by atoms with van der Waals surface area (Å²) in [4.78, 5) is 26.5. The predicted octanol–water partition coefficient (Wildman–Crippen LogP) is -0.713. The van der Waals surface area contributed by atoms with E-state index in [0.29, 0.717) is 6.54 Å². The molecule has 6 heteroatoms. The van der Waals surface area contributed by atoms with Crippen LogP contribution in [-0.4, -0.2) is 68.6 Å². The van der Waals surface area contributed by atoms with E-state index in [-0.39, 0.29) is 24.9 Å². The standard InChI is InChI=1S/C11H23N3O3/c1-5-6-14(8-10(15)13(2)3)11(16)9(7-12)17-4/h9H,5-8,12H2,1-4H3. The van der Waals surface area contributed by atoms with Gasteiger partial charge in [0.2, 0.25) is 5.91 Å². The maximum atomic E-state index is 12.0. The maximum Gasteiger partial charge on any atom is 0.253 e. The molecule has 0 aliphatic carbocycles. The Hall–Kier alpha value is -1.14. The van der Waals surface area contributed by atoms with Crippen LogP contribution in [0.1, 0.15) is 13.3 Å². The van der Waals surface area contributed by atoms with Crippen LogP contribution in [0.4, 0.5) is 0 Å². The highest BCUT2D eigenvalue weighted by Crippen LogP contribution is 2.00. The molecule has 1 atom stereocenters. The predicted molar refractivity (Wildman–Crippen MR) is 65.4 cm³/mol. The van der Waals surface area contributed by atoms with Crippen molar-refractivity contribution < 1.29 is 14.3 Å². The Morgan fingerprint density at radius 1 is 1.35 bits per heavy atom. The van der Waals surface area contributed by atoms with Crippen molar-refractivity contribution in [3.8, 4) is 0 Å². The quantitative estimate of drug-likeness (QED) is 0.642. The molecule has 17 heavy (non-hydrogen) atoms. The molecule has 0 bridgehead atoms. The number of nitrogens with two attached hydrogens (primary N) is 1. The third-order valence-corrected chi connectivity index (χ3v) is 2.40. The number of carbonyl (C=O) groups is 2. The second kappa shape index (κ2) is 8.03. The first kappa shape index (κ1) is 15.9.